The zero-order valence-electron chi connectivity index (χ0n) is 15.5. The number of nitrogens with two attached hydrogens (primary N) is 1. The fraction of sp³-hybridized carbons (Fsp3) is 1.00. The van der Waals surface area contributed by atoms with Crippen molar-refractivity contribution in [2.24, 2.45) is 5.73 Å². The van der Waals surface area contributed by atoms with E-state index in [9.17, 15) is 0 Å². The summed E-state index contributed by atoms with van der Waals surface area (Å²) < 4.78 is 36.7. The summed E-state index contributed by atoms with van der Waals surface area (Å²) in [6.07, 6.45) is -0.944. The van der Waals surface area contributed by atoms with E-state index in [2.05, 4.69) is 0 Å². The lowest BCUT2D eigenvalue weighted by Crippen LogP contribution is -2.26. The zero-order chi connectivity index (χ0) is 19.1. The fourth-order valence-corrected chi connectivity index (χ4v) is 1.59. The molecule has 0 bridgehead atoms. The minimum Gasteiger partial charge on any atom is -0.394 e. The Morgan fingerprint density at radius 1 is 0.500 bits per heavy atom. The van der Waals surface area contributed by atoms with Crippen LogP contribution < -0.4 is 5.73 Å². The van der Waals surface area contributed by atoms with Crippen molar-refractivity contribution in [1.29, 1.82) is 0 Å². The third-order valence-corrected chi connectivity index (χ3v) is 2.76. The highest BCUT2D eigenvalue weighted by atomic mass is 16.6. The molecule has 0 aromatic rings. The van der Waals surface area contributed by atoms with Gasteiger partial charge in [-0.25, -0.2) is 0 Å². The van der Waals surface area contributed by atoms with E-state index in [1.807, 2.05) is 0 Å². The van der Waals surface area contributed by atoms with Crippen LogP contribution in [0.15, 0.2) is 0 Å². The predicted molar refractivity (Wildman–Crippen MR) is 93.0 cm³/mol. The summed E-state index contributed by atoms with van der Waals surface area (Å²) in [5, 5.41) is 17.3. The molecular weight excluding hydrogens is 350 g/mol. The lowest BCUT2D eigenvalue weighted by atomic mass is 10.6. The highest BCUT2D eigenvalue weighted by Gasteiger charge is 1.96. The van der Waals surface area contributed by atoms with Crippen LogP contribution in [0, 0.1) is 0 Å². The Hall–Kier alpha value is -0.400. The van der Waals surface area contributed by atoms with E-state index in [1.54, 1.807) is 0 Å². The van der Waals surface area contributed by atoms with Crippen molar-refractivity contribution in [3.8, 4) is 0 Å². The minimum absolute atomic E-state index is 0.0272. The lowest BCUT2D eigenvalue weighted by molar-refractivity contribution is -0.0256. The van der Waals surface area contributed by atoms with Gasteiger partial charge in [0.25, 0.3) is 0 Å². The Labute approximate surface area is 155 Å². The minimum atomic E-state index is -0.944. The molecule has 1 unspecified atom stereocenters. The van der Waals surface area contributed by atoms with Crippen molar-refractivity contribution < 1.29 is 43.4 Å². The first-order valence-electron chi connectivity index (χ1n) is 8.86. The average molecular weight is 385 g/mol. The van der Waals surface area contributed by atoms with Gasteiger partial charge < -0.3 is 49.1 Å². The van der Waals surface area contributed by atoms with E-state index in [0.29, 0.717) is 85.9 Å². The average Bonchev–Trinajstić information content (AvgIpc) is 2.62. The first-order chi connectivity index (χ1) is 12.8. The molecule has 0 amide bonds. The number of aliphatic hydroxyl groups is 2. The van der Waals surface area contributed by atoms with Crippen LogP contribution in [0.1, 0.15) is 0 Å². The van der Waals surface area contributed by atoms with Gasteiger partial charge in [-0.1, -0.05) is 0 Å². The molecule has 0 radical (unpaired) electrons. The fourth-order valence-electron chi connectivity index (χ4n) is 1.59. The Bertz CT molecular complexity index is 260. The molecule has 10 nitrogen and oxygen atoms in total. The van der Waals surface area contributed by atoms with Crippen LogP contribution in [-0.4, -0.2) is 116 Å². The van der Waals surface area contributed by atoms with Gasteiger partial charge in [-0.05, 0) is 0 Å². The van der Waals surface area contributed by atoms with E-state index in [4.69, 9.17) is 49.1 Å². The molecule has 0 aromatic carbocycles. The summed E-state index contributed by atoms with van der Waals surface area (Å²) in [6, 6.07) is 0. The smallest absolute Gasteiger partial charge is 0.126 e. The molecule has 158 valence electrons. The maximum Gasteiger partial charge on any atom is 0.126 e. The normalized spacial score (nSPS) is 12.6. The van der Waals surface area contributed by atoms with Crippen molar-refractivity contribution in [1.82, 2.24) is 0 Å². The van der Waals surface area contributed by atoms with Crippen LogP contribution in [0.5, 0.6) is 0 Å². The Morgan fingerprint density at radius 2 is 0.769 bits per heavy atom. The van der Waals surface area contributed by atoms with Crippen molar-refractivity contribution in [3.05, 3.63) is 0 Å². The van der Waals surface area contributed by atoms with Crippen LogP contribution >= 0.6 is 0 Å². The van der Waals surface area contributed by atoms with Gasteiger partial charge in [0.2, 0.25) is 0 Å². The topological polar surface area (TPSA) is 131 Å². The number of hydrogen-bond acceptors (Lipinski definition) is 10. The van der Waals surface area contributed by atoms with E-state index in [-0.39, 0.29) is 13.2 Å². The zero-order valence-corrected chi connectivity index (χ0v) is 15.5. The number of rotatable bonds is 22. The number of aliphatic hydroxyl groups excluding tert-OH is 2. The van der Waals surface area contributed by atoms with Crippen molar-refractivity contribution in [2.75, 3.05) is 99.1 Å². The molecule has 1 atom stereocenters. The van der Waals surface area contributed by atoms with Gasteiger partial charge in [-0.2, -0.15) is 0 Å². The van der Waals surface area contributed by atoms with Crippen LogP contribution in [-0.2, 0) is 33.2 Å². The molecule has 4 N–H and O–H groups in total. The molecular formula is C16H35NO9. The van der Waals surface area contributed by atoms with Gasteiger partial charge in [0.1, 0.15) is 6.23 Å². The highest BCUT2D eigenvalue weighted by molar-refractivity contribution is 4.40. The summed E-state index contributed by atoms with van der Waals surface area (Å²) >= 11 is 0. The SMILES string of the molecule is NC(O)COCCOCCOCCOCCOCCOCCOCCO. The molecule has 0 aliphatic carbocycles. The van der Waals surface area contributed by atoms with Gasteiger partial charge in [-0.3, -0.25) is 0 Å². The highest BCUT2D eigenvalue weighted by Crippen LogP contribution is 1.85. The molecule has 0 saturated heterocycles. The van der Waals surface area contributed by atoms with Gasteiger partial charge in [0.15, 0.2) is 0 Å². The summed E-state index contributed by atoms with van der Waals surface area (Å²) in [6.45, 7) is 6.23. The molecule has 0 saturated carbocycles. The molecule has 0 aliphatic rings. The van der Waals surface area contributed by atoms with Crippen molar-refractivity contribution in [3.63, 3.8) is 0 Å². The first-order valence-corrected chi connectivity index (χ1v) is 8.86. The quantitative estimate of drug-likeness (QED) is 0.147. The maximum atomic E-state index is 8.77. The second-order valence-electron chi connectivity index (χ2n) is 5.04. The molecule has 26 heavy (non-hydrogen) atoms. The van der Waals surface area contributed by atoms with Crippen LogP contribution in [0.25, 0.3) is 0 Å². The first kappa shape index (κ1) is 25.6. The largest absolute Gasteiger partial charge is 0.394 e. The van der Waals surface area contributed by atoms with Crippen molar-refractivity contribution >= 4 is 0 Å². The summed E-state index contributed by atoms with van der Waals surface area (Å²) in [5.74, 6) is 0. The van der Waals surface area contributed by atoms with Gasteiger partial charge >= 0.3 is 0 Å². The van der Waals surface area contributed by atoms with Crippen LogP contribution in [0.4, 0.5) is 0 Å². The van der Waals surface area contributed by atoms with Crippen molar-refractivity contribution in [2.45, 2.75) is 6.23 Å². The predicted octanol–water partition coefficient (Wildman–Crippen LogP) is -1.63. The maximum absolute atomic E-state index is 8.77. The summed E-state index contributed by atoms with van der Waals surface area (Å²) in [4.78, 5) is 0. The molecule has 0 spiro atoms. The number of hydrogen-bond donors (Lipinski definition) is 3. The third kappa shape index (κ3) is 23.6. The summed E-state index contributed by atoms with van der Waals surface area (Å²) in [5.41, 5.74) is 5.11. The molecule has 0 rings (SSSR count). The second-order valence-corrected chi connectivity index (χ2v) is 5.04. The van der Waals surface area contributed by atoms with Gasteiger partial charge in [0.05, 0.1) is 99.1 Å². The van der Waals surface area contributed by atoms with E-state index in [0.717, 1.165) is 0 Å². The second kappa shape index (κ2) is 22.6. The van der Waals surface area contributed by atoms with E-state index >= 15 is 0 Å². The number of ether oxygens (including phenoxy) is 7. The summed E-state index contributed by atoms with van der Waals surface area (Å²) in [7, 11) is 0. The van der Waals surface area contributed by atoms with Gasteiger partial charge in [-0.15, -0.1) is 0 Å². The standard InChI is InChI=1S/C16H35NO9/c17-16(19)15-26-14-13-25-12-11-24-10-9-23-8-7-22-6-5-21-4-3-20-2-1-18/h16,18-19H,1-15,17H2. The Morgan fingerprint density at radius 3 is 1.04 bits per heavy atom. The molecule has 0 fully saturated rings. The molecule has 0 aromatic heterocycles. The Kier molecular flexibility index (Phi) is 22.3. The van der Waals surface area contributed by atoms with Crippen LogP contribution in [0.2, 0.25) is 0 Å². The van der Waals surface area contributed by atoms with E-state index < -0.39 is 6.23 Å². The molecule has 0 aliphatic heterocycles. The lowest BCUT2D eigenvalue weighted by Gasteiger charge is -2.08. The Balaban J connectivity index is 2.97. The molecule has 0 heterocycles. The molecule has 10 heteroatoms. The van der Waals surface area contributed by atoms with Crippen LogP contribution in [0.3, 0.4) is 0 Å². The van der Waals surface area contributed by atoms with Gasteiger partial charge in [0, 0.05) is 0 Å². The monoisotopic (exact) mass is 385 g/mol. The third-order valence-electron chi connectivity index (χ3n) is 2.76. The van der Waals surface area contributed by atoms with E-state index in [1.165, 1.54) is 0 Å².